The third kappa shape index (κ3) is 6.06. The molecule has 1 saturated carbocycles. The first kappa shape index (κ1) is 19.3. The van der Waals surface area contributed by atoms with E-state index in [1.807, 2.05) is 42.5 Å². The van der Waals surface area contributed by atoms with Crippen LogP contribution < -0.4 is 5.32 Å². The molecule has 1 aromatic carbocycles. The molecule has 1 aromatic rings. The molecule has 1 fully saturated rings. The van der Waals surface area contributed by atoms with E-state index in [1.165, 1.54) is 37.7 Å². The van der Waals surface area contributed by atoms with E-state index in [9.17, 15) is 9.59 Å². The molecule has 0 heterocycles. The molecule has 1 amide bonds. The molecule has 3 heteroatoms. The van der Waals surface area contributed by atoms with Gasteiger partial charge in [-0.25, -0.2) is 0 Å². The van der Waals surface area contributed by atoms with Gasteiger partial charge in [0, 0.05) is 24.9 Å². The lowest BCUT2D eigenvalue weighted by Gasteiger charge is -2.21. The highest BCUT2D eigenvalue weighted by Crippen LogP contribution is 2.23. The Labute approximate surface area is 162 Å². The van der Waals surface area contributed by atoms with Crippen molar-refractivity contribution < 1.29 is 9.59 Å². The van der Waals surface area contributed by atoms with Crippen LogP contribution in [0.4, 0.5) is 0 Å². The van der Waals surface area contributed by atoms with Crippen LogP contribution in [-0.4, -0.2) is 18.2 Å². The summed E-state index contributed by atoms with van der Waals surface area (Å²) < 4.78 is 0. The quantitative estimate of drug-likeness (QED) is 0.673. The zero-order valence-electron chi connectivity index (χ0n) is 16.0. The monoisotopic (exact) mass is 363 g/mol. The second-order valence-electron chi connectivity index (χ2n) is 7.52. The van der Waals surface area contributed by atoms with Gasteiger partial charge in [-0.1, -0.05) is 73.9 Å². The first-order valence-corrected chi connectivity index (χ1v) is 10.1. The van der Waals surface area contributed by atoms with Crippen molar-refractivity contribution in [3.63, 3.8) is 0 Å². The lowest BCUT2D eigenvalue weighted by atomic mass is 9.89. The first-order valence-electron chi connectivity index (χ1n) is 10.1. The summed E-state index contributed by atoms with van der Waals surface area (Å²) in [4.78, 5) is 24.4. The molecule has 1 N–H and O–H groups in total. The van der Waals surface area contributed by atoms with Gasteiger partial charge in [-0.15, -0.1) is 0 Å². The number of ketones is 1. The van der Waals surface area contributed by atoms with Gasteiger partial charge in [0.1, 0.15) is 0 Å². The number of allylic oxidation sites excluding steroid dienone is 6. The SMILES string of the molecule is O=C(CCC(=O)c1ccc(C2=CC=CC=CC2)cc1)NCC1CCCCC1. The number of amides is 1. The summed E-state index contributed by atoms with van der Waals surface area (Å²) >= 11 is 0. The molecule has 3 rings (SSSR count). The van der Waals surface area contributed by atoms with Crippen molar-refractivity contribution in [2.75, 3.05) is 6.54 Å². The van der Waals surface area contributed by atoms with Crippen molar-refractivity contribution in [2.24, 2.45) is 5.92 Å². The van der Waals surface area contributed by atoms with E-state index in [2.05, 4.69) is 17.5 Å². The molecule has 0 saturated heterocycles. The van der Waals surface area contributed by atoms with Crippen LogP contribution in [0.1, 0.15) is 67.3 Å². The van der Waals surface area contributed by atoms with Crippen molar-refractivity contribution in [2.45, 2.75) is 51.4 Å². The fraction of sp³-hybridized carbons (Fsp3) is 0.417. The van der Waals surface area contributed by atoms with E-state index in [4.69, 9.17) is 0 Å². The molecular formula is C24H29NO2. The van der Waals surface area contributed by atoms with Crippen molar-refractivity contribution in [3.05, 3.63) is 65.8 Å². The molecule has 0 unspecified atom stereocenters. The van der Waals surface area contributed by atoms with Gasteiger partial charge in [0.15, 0.2) is 5.78 Å². The fourth-order valence-electron chi connectivity index (χ4n) is 3.77. The first-order chi connectivity index (χ1) is 13.2. The van der Waals surface area contributed by atoms with Crippen molar-refractivity contribution in [1.29, 1.82) is 0 Å². The summed E-state index contributed by atoms with van der Waals surface area (Å²) in [7, 11) is 0. The summed E-state index contributed by atoms with van der Waals surface area (Å²) in [5.41, 5.74) is 3.05. The molecule has 0 radical (unpaired) electrons. The summed E-state index contributed by atoms with van der Waals surface area (Å²) in [6.45, 7) is 0.764. The van der Waals surface area contributed by atoms with Gasteiger partial charge < -0.3 is 5.32 Å². The molecule has 27 heavy (non-hydrogen) atoms. The standard InChI is InChI=1S/C24H29NO2/c26-23(16-17-24(27)25-18-19-8-4-3-5-9-19)22-14-12-21(13-15-22)20-10-6-1-2-7-11-20/h1-2,6-7,10,12-15,19H,3-5,8-9,11,16-18H2,(H,25,27). The number of carbonyl (C=O) groups excluding carboxylic acids is 2. The number of rotatable bonds is 7. The van der Waals surface area contributed by atoms with E-state index >= 15 is 0 Å². The topological polar surface area (TPSA) is 46.2 Å². The zero-order valence-corrected chi connectivity index (χ0v) is 16.0. The number of nitrogens with one attached hydrogen (secondary N) is 1. The van der Waals surface area contributed by atoms with Crippen LogP contribution in [0.2, 0.25) is 0 Å². The molecule has 0 aromatic heterocycles. The predicted molar refractivity (Wildman–Crippen MR) is 110 cm³/mol. The number of Topliss-reactive ketones (excluding diaryl/α,β-unsaturated/α-hetero) is 1. The highest BCUT2D eigenvalue weighted by Gasteiger charge is 2.15. The van der Waals surface area contributed by atoms with E-state index in [0.717, 1.165) is 18.5 Å². The van der Waals surface area contributed by atoms with Gasteiger partial charge in [0.25, 0.3) is 0 Å². The maximum absolute atomic E-state index is 12.4. The van der Waals surface area contributed by atoms with Crippen LogP contribution in [0.3, 0.4) is 0 Å². The Morgan fingerprint density at radius 2 is 1.70 bits per heavy atom. The van der Waals surface area contributed by atoms with E-state index in [-0.39, 0.29) is 24.5 Å². The summed E-state index contributed by atoms with van der Waals surface area (Å²) in [5.74, 6) is 0.644. The third-order valence-corrected chi connectivity index (χ3v) is 5.46. The van der Waals surface area contributed by atoms with Crippen LogP contribution >= 0.6 is 0 Å². The van der Waals surface area contributed by atoms with E-state index in [1.54, 1.807) is 0 Å². The lowest BCUT2D eigenvalue weighted by molar-refractivity contribution is -0.121. The Morgan fingerprint density at radius 1 is 0.926 bits per heavy atom. The van der Waals surface area contributed by atoms with Crippen LogP contribution in [0, 0.1) is 5.92 Å². The number of hydrogen-bond donors (Lipinski definition) is 1. The summed E-state index contributed by atoms with van der Waals surface area (Å²) in [5, 5.41) is 3.01. The normalized spacial score (nSPS) is 17.3. The van der Waals surface area contributed by atoms with E-state index < -0.39 is 0 Å². The lowest BCUT2D eigenvalue weighted by Crippen LogP contribution is -2.30. The van der Waals surface area contributed by atoms with E-state index in [0.29, 0.717) is 11.5 Å². The average Bonchev–Trinajstić information content (AvgIpc) is 3.01. The maximum Gasteiger partial charge on any atom is 0.220 e. The Morgan fingerprint density at radius 3 is 2.48 bits per heavy atom. The molecule has 0 aliphatic heterocycles. The molecule has 3 nitrogen and oxygen atoms in total. The average molecular weight is 364 g/mol. The molecule has 0 spiro atoms. The van der Waals surface area contributed by atoms with Crippen LogP contribution in [-0.2, 0) is 4.79 Å². The Balaban J connectivity index is 1.45. The summed E-state index contributed by atoms with van der Waals surface area (Å²) in [6.07, 6.45) is 18.1. The number of benzene rings is 1. The molecule has 2 aliphatic carbocycles. The van der Waals surface area contributed by atoms with Gasteiger partial charge in [-0.3, -0.25) is 9.59 Å². The second kappa shape index (κ2) is 10.1. The largest absolute Gasteiger partial charge is 0.356 e. The van der Waals surface area contributed by atoms with Crippen molar-refractivity contribution >= 4 is 17.3 Å². The van der Waals surface area contributed by atoms with Gasteiger partial charge >= 0.3 is 0 Å². The van der Waals surface area contributed by atoms with Crippen molar-refractivity contribution in [3.8, 4) is 0 Å². The van der Waals surface area contributed by atoms with Crippen LogP contribution in [0.25, 0.3) is 5.57 Å². The summed E-state index contributed by atoms with van der Waals surface area (Å²) in [6, 6.07) is 7.73. The maximum atomic E-state index is 12.4. The molecule has 0 atom stereocenters. The number of hydrogen-bond acceptors (Lipinski definition) is 2. The Hall–Kier alpha value is -2.42. The third-order valence-electron chi connectivity index (χ3n) is 5.46. The van der Waals surface area contributed by atoms with Crippen molar-refractivity contribution in [1.82, 2.24) is 5.32 Å². The Kier molecular flexibility index (Phi) is 7.20. The van der Waals surface area contributed by atoms with Crippen LogP contribution in [0.15, 0.2) is 54.6 Å². The highest BCUT2D eigenvalue weighted by atomic mass is 16.2. The predicted octanol–water partition coefficient (Wildman–Crippen LogP) is 5.25. The molecule has 0 bridgehead atoms. The Bertz CT molecular complexity index is 734. The number of carbonyl (C=O) groups is 2. The van der Waals surface area contributed by atoms with Gasteiger partial charge in [-0.05, 0) is 36.3 Å². The molecule has 2 aliphatic rings. The second-order valence-corrected chi connectivity index (χ2v) is 7.52. The smallest absolute Gasteiger partial charge is 0.220 e. The van der Waals surface area contributed by atoms with Gasteiger partial charge in [0.2, 0.25) is 5.91 Å². The minimum atomic E-state index is -0.00673. The minimum Gasteiger partial charge on any atom is -0.356 e. The van der Waals surface area contributed by atoms with Gasteiger partial charge in [-0.2, -0.15) is 0 Å². The fourth-order valence-corrected chi connectivity index (χ4v) is 3.77. The van der Waals surface area contributed by atoms with Crippen LogP contribution in [0.5, 0.6) is 0 Å². The van der Waals surface area contributed by atoms with Gasteiger partial charge in [0.05, 0.1) is 0 Å². The molecular weight excluding hydrogens is 334 g/mol. The minimum absolute atomic E-state index is 0.00673. The zero-order chi connectivity index (χ0) is 18.9. The highest BCUT2D eigenvalue weighted by molar-refractivity contribution is 5.98. The molecule has 142 valence electrons.